The highest BCUT2D eigenvalue weighted by Crippen LogP contribution is 2.10. The Morgan fingerprint density at radius 3 is 2.82 bits per heavy atom. The number of allylic oxidation sites excluding steroid dienone is 1. The van der Waals surface area contributed by atoms with E-state index in [1.165, 1.54) is 6.33 Å². The minimum absolute atomic E-state index is 0.0601. The summed E-state index contributed by atoms with van der Waals surface area (Å²) in [6, 6.07) is 5.40. The van der Waals surface area contributed by atoms with Crippen molar-refractivity contribution in [3.05, 3.63) is 65.8 Å². The predicted molar refractivity (Wildman–Crippen MR) is 76.9 cm³/mol. The second kappa shape index (κ2) is 6.00. The molecule has 0 aromatic carbocycles. The maximum absolute atomic E-state index is 12.0. The molecule has 0 aliphatic rings. The molecule has 0 amide bonds. The lowest BCUT2D eigenvalue weighted by molar-refractivity contribution is 0.104. The van der Waals surface area contributed by atoms with Crippen LogP contribution < -0.4 is 0 Å². The summed E-state index contributed by atoms with van der Waals surface area (Å²) in [5.41, 5.74) is 2.05. The number of hydrogen-bond donors (Lipinski definition) is 3. The average molecular weight is 296 g/mol. The van der Waals surface area contributed by atoms with Crippen LogP contribution in [0.25, 0.3) is 5.76 Å². The number of carbonyl (C=O) groups excluding carboxylic acids is 1. The van der Waals surface area contributed by atoms with E-state index in [0.717, 1.165) is 17.3 Å². The van der Waals surface area contributed by atoms with Crippen LogP contribution in [-0.2, 0) is 6.42 Å². The van der Waals surface area contributed by atoms with Gasteiger partial charge in [0.2, 0.25) is 11.6 Å². The Morgan fingerprint density at radius 2 is 2.09 bits per heavy atom. The summed E-state index contributed by atoms with van der Waals surface area (Å²) in [5, 5.41) is 22.6. The van der Waals surface area contributed by atoms with Gasteiger partial charge < -0.3 is 5.11 Å². The van der Waals surface area contributed by atoms with E-state index in [-0.39, 0.29) is 17.3 Å². The standard InChI is InChI=1S/C14H12N6O2/c21-12(7-13(22)14-16-8-17-20-14)11-6-10(18-19-11)5-9-1-3-15-4-2-9/h1-4,6-8,22H,5H2,(H,18,19)(H,16,17,20). The van der Waals surface area contributed by atoms with Gasteiger partial charge in [0.15, 0.2) is 5.76 Å². The Kier molecular flexibility index (Phi) is 3.73. The molecule has 0 aliphatic heterocycles. The lowest BCUT2D eigenvalue weighted by Crippen LogP contribution is -1.98. The summed E-state index contributed by atoms with van der Waals surface area (Å²) in [4.78, 5) is 19.7. The molecule has 0 atom stereocenters. The topological polar surface area (TPSA) is 120 Å². The van der Waals surface area contributed by atoms with Crippen LogP contribution in [0.5, 0.6) is 0 Å². The molecule has 110 valence electrons. The van der Waals surface area contributed by atoms with Gasteiger partial charge in [-0.3, -0.25) is 20.0 Å². The lowest BCUT2D eigenvalue weighted by atomic mass is 10.1. The van der Waals surface area contributed by atoms with Crippen LogP contribution in [-0.4, -0.2) is 41.3 Å². The highest BCUT2D eigenvalue weighted by Gasteiger charge is 2.11. The van der Waals surface area contributed by atoms with Gasteiger partial charge in [-0.05, 0) is 23.8 Å². The van der Waals surface area contributed by atoms with E-state index in [2.05, 4.69) is 30.4 Å². The number of ketones is 1. The van der Waals surface area contributed by atoms with Crippen LogP contribution in [0, 0.1) is 0 Å². The van der Waals surface area contributed by atoms with Crippen molar-refractivity contribution in [3.8, 4) is 0 Å². The molecule has 0 saturated carbocycles. The molecule has 3 heterocycles. The molecule has 3 N–H and O–H groups in total. The van der Waals surface area contributed by atoms with E-state index >= 15 is 0 Å². The van der Waals surface area contributed by atoms with E-state index in [4.69, 9.17) is 0 Å². The first-order chi connectivity index (χ1) is 10.7. The third-order valence-electron chi connectivity index (χ3n) is 2.94. The van der Waals surface area contributed by atoms with Crippen molar-refractivity contribution >= 4 is 11.5 Å². The number of aliphatic hydroxyl groups excluding tert-OH is 1. The number of aromatic nitrogens is 6. The molecular weight excluding hydrogens is 284 g/mol. The van der Waals surface area contributed by atoms with Gasteiger partial charge in [-0.25, -0.2) is 4.98 Å². The van der Waals surface area contributed by atoms with Gasteiger partial charge in [0.05, 0.1) is 5.69 Å². The van der Waals surface area contributed by atoms with Gasteiger partial charge >= 0.3 is 0 Å². The van der Waals surface area contributed by atoms with Crippen molar-refractivity contribution in [3.63, 3.8) is 0 Å². The second-order valence-corrected chi connectivity index (χ2v) is 4.52. The van der Waals surface area contributed by atoms with E-state index in [1.54, 1.807) is 18.5 Å². The first-order valence-corrected chi connectivity index (χ1v) is 6.46. The molecule has 0 spiro atoms. The zero-order chi connectivity index (χ0) is 15.4. The SMILES string of the molecule is O=C(C=C(O)c1nc[nH]n1)c1cc(Cc2ccncc2)n[nH]1. The van der Waals surface area contributed by atoms with Crippen molar-refractivity contribution in [2.24, 2.45) is 0 Å². The fourth-order valence-electron chi connectivity index (χ4n) is 1.89. The number of rotatable bonds is 5. The maximum Gasteiger partial charge on any atom is 0.215 e. The molecule has 3 aromatic heterocycles. The van der Waals surface area contributed by atoms with Crippen molar-refractivity contribution in [1.82, 2.24) is 30.4 Å². The first-order valence-electron chi connectivity index (χ1n) is 6.46. The van der Waals surface area contributed by atoms with Crippen LogP contribution >= 0.6 is 0 Å². The van der Waals surface area contributed by atoms with Crippen molar-refractivity contribution in [1.29, 1.82) is 0 Å². The second-order valence-electron chi connectivity index (χ2n) is 4.52. The van der Waals surface area contributed by atoms with Gasteiger partial charge in [0, 0.05) is 24.9 Å². The van der Waals surface area contributed by atoms with E-state index < -0.39 is 5.78 Å². The number of aromatic amines is 2. The van der Waals surface area contributed by atoms with Crippen molar-refractivity contribution < 1.29 is 9.90 Å². The summed E-state index contributed by atoms with van der Waals surface area (Å²) in [6.07, 6.45) is 6.35. The highest BCUT2D eigenvalue weighted by atomic mass is 16.3. The summed E-state index contributed by atoms with van der Waals surface area (Å²) in [7, 11) is 0. The molecule has 8 nitrogen and oxygen atoms in total. The number of nitrogens with one attached hydrogen (secondary N) is 2. The van der Waals surface area contributed by atoms with E-state index in [0.29, 0.717) is 6.42 Å². The Hall–Kier alpha value is -3.29. The molecule has 22 heavy (non-hydrogen) atoms. The zero-order valence-corrected chi connectivity index (χ0v) is 11.4. The number of hydrogen-bond acceptors (Lipinski definition) is 6. The Labute approximate surface area is 125 Å². The smallest absolute Gasteiger partial charge is 0.215 e. The third-order valence-corrected chi connectivity index (χ3v) is 2.94. The number of nitrogens with zero attached hydrogens (tertiary/aromatic N) is 4. The number of carbonyl (C=O) groups is 1. The molecule has 0 unspecified atom stereocenters. The minimum Gasteiger partial charge on any atom is -0.504 e. The molecule has 0 aliphatic carbocycles. The van der Waals surface area contributed by atoms with Gasteiger partial charge in [-0.2, -0.15) is 10.2 Å². The van der Waals surface area contributed by atoms with Crippen LogP contribution in [0.2, 0.25) is 0 Å². The van der Waals surface area contributed by atoms with Crippen molar-refractivity contribution in [2.75, 3.05) is 0 Å². The van der Waals surface area contributed by atoms with Gasteiger partial charge in [-0.1, -0.05) is 0 Å². The summed E-state index contributed by atoms with van der Waals surface area (Å²) in [5.74, 6) is -0.655. The Balaban J connectivity index is 1.73. The molecule has 3 rings (SSSR count). The molecule has 8 heteroatoms. The number of pyridine rings is 1. The van der Waals surface area contributed by atoms with Gasteiger partial charge in [-0.15, -0.1) is 0 Å². The fraction of sp³-hybridized carbons (Fsp3) is 0.0714. The fourth-order valence-corrected chi connectivity index (χ4v) is 1.89. The molecule has 3 aromatic rings. The van der Waals surface area contributed by atoms with Gasteiger partial charge in [0.1, 0.15) is 12.0 Å². The first kappa shape index (κ1) is 13.7. The van der Waals surface area contributed by atoms with E-state index in [9.17, 15) is 9.90 Å². The zero-order valence-electron chi connectivity index (χ0n) is 11.4. The lowest BCUT2D eigenvalue weighted by Gasteiger charge is -1.95. The largest absolute Gasteiger partial charge is 0.504 e. The quantitative estimate of drug-likeness (QED) is 0.371. The minimum atomic E-state index is -0.407. The summed E-state index contributed by atoms with van der Waals surface area (Å²) in [6.45, 7) is 0. The monoisotopic (exact) mass is 296 g/mol. The van der Waals surface area contributed by atoms with Gasteiger partial charge in [0.25, 0.3) is 0 Å². The van der Waals surface area contributed by atoms with E-state index in [1.807, 2.05) is 12.1 Å². The summed E-state index contributed by atoms with van der Waals surface area (Å²) < 4.78 is 0. The van der Waals surface area contributed by atoms with Crippen LogP contribution in [0.4, 0.5) is 0 Å². The van der Waals surface area contributed by atoms with Crippen molar-refractivity contribution in [2.45, 2.75) is 6.42 Å². The molecule has 0 bridgehead atoms. The Bertz CT molecular complexity index is 792. The van der Waals surface area contributed by atoms with Crippen LogP contribution in [0.15, 0.2) is 43.0 Å². The highest BCUT2D eigenvalue weighted by molar-refractivity contribution is 6.06. The molecule has 0 fully saturated rings. The Morgan fingerprint density at radius 1 is 1.27 bits per heavy atom. The molecule has 0 radical (unpaired) electrons. The number of aliphatic hydroxyl groups is 1. The molecular formula is C14H12N6O2. The number of H-pyrrole nitrogens is 2. The normalized spacial score (nSPS) is 11.5. The molecule has 0 saturated heterocycles. The van der Waals surface area contributed by atoms with Crippen LogP contribution in [0.1, 0.15) is 27.6 Å². The summed E-state index contributed by atoms with van der Waals surface area (Å²) >= 11 is 0. The van der Waals surface area contributed by atoms with Crippen LogP contribution in [0.3, 0.4) is 0 Å². The maximum atomic E-state index is 12.0. The third kappa shape index (κ3) is 3.06. The predicted octanol–water partition coefficient (Wildman–Crippen LogP) is 1.30. The average Bonchev–Trinajstić information content (AvgIpc) is 3.19.